The van der Waals surface area contributed by atoms with Crippen LogP contribution >= 0.6 is 45.9 Å². The summed E-state index contributed by atoms with van der Waals surface area (Å²) < 4.78 is 0. The van der Waals surface area contributed by atoms with Crippen LogP contribution in [0.2, 0.25) is 10.0 Å². The largest absolute Gasteiger partial charge is 0.298 e. The van der Waals surface area contributed by atoms with E-state index in [2.05, 4.69) is 0 Å². The van der Waals surface area contributed by atoms with Crippen LogP contribution in [0.3, 0.4) is 0 Å². The van der Waals surface area contributed by atoms with Crippen LogP contribution < -0.4 is 0 Å². The Hall–Kier alpha value is -2.05. The molecule has 164 valence electrons. The van der Waals surface area contributed by atoms with E-state index in [1.54, 1.807) is 22.7 Å². The maximum absolute atomic E-state index is 13.5. The molecule has 4 rings (SSSR count). The number of halogens is 2. The predicted octanol–water partition coefficient (Wildman–Crippen LogP) is 8.33. The predicted molar refractivity (Wildman–Crippen MR) is 136 cm³/mol. The molecule has 2 heterocycles. The van der Waals surface area contributed by atoms with Gasteiger partial charge in [-0.3, -0.25) is 4.79 Å². The molecule has 0 bridgehead atoms. The molecule has 0 aliphatic heterocycles. The van der Waals surface area contributed by atoms with Gasteiger partial charge in [-0.25, -0.2) is 9.97 Å². The van der Waals surface area contributed by atoms with Crippen molar-refractivity contribution in [1.82, 2.24) is 9.97 Å². The molecule has 0 N–H and O–H groups in total. The number of nitrogens with zero attached hydrogens (tertiary/aromatic N) is 2. The van der Waals surface area contributed by atoms with Gasteiger partial charge in [0.1, 0.15) is 15.8 Å². The van der Waals surface area contributed by atoms with E-state index in [4.69, 9.17) is 33.2 Å². The summed E-state index contributed by atoms with van der Waals surface area (Å²) in [6.07, 6.45) is 0. The summed E-state index contributed by atoms with van der Waals surface area (Å²) in [4.78, 5) is 24.9. The number of rotatable bonds is 6. The third-order valence-corrected chi connectivity index (χ3v) is 8.77. The number of hydrogen-bond acceptors (Lipinski definition) is 5. The normalized spacial score (nSPS) is 13.2. The Balaban J connectivity index is 1.58. The van der Waals surface area contributed by atoms with Crippen molar-refractivity contribution < 1.29 is 4.79 Å². The van der Waals surface area contributed by atoms with E-state index in [1.165, 1.54) is 0 Å². The summed E-state index contributed by atoms with van der Waals surface area (Å²) in [5.41, 5.74) is 3.81. The van der Waals surface area contributed by atoms with Crippen molar-refractivity contribution in [1.29, 1.82) is 0 Å². The summed E-state index contributed by atoms with van der Waals surface area (Å²) >= 11 is 15.2. The summed E-state index contributed by atoms with van der Waals surface area (Å²) in [5.74, 6) is -0.318. The number of hydrogen-bond donors (Lipinski definition) is 0. The van der Waals surface area contributed by atoms with Gasteiger partial charge in [-0.05, 0) is 38.1 Å². The lowest BCUT2D eigenvalue weighted by Crippen LogP contribution is -2.16. The van der Waals surface area contributed by atoms with Crippen LogP contribution in [-0.4, -0.2) is 15.8 Å². The quantitative estimate of drug-likeness (QED) is 0.267. The van der Waals surface area contributed by atoms with Crippen molar-refractivity contribution in [3.05, 3.63) is 79.7 Å². The molecule has 2 aromatic heterocycles. The SMILES string of the molecule is Cc1nc(-c2ccc(Cl)cc2)sc1C(C)C(=O)C(C)c1sc(-c2ccc(Cl)cc2)nc1C. The van der Waals surface area contributed by atoms with Crippen molar-refractivity contribution in [3.8, 4) is 21.1 Å². The monoisotopic (exact) mass is 500 g/mol. The number of aromatic nitrogens is 2. The maximum Gasteiger partial charge on any atom is 0.148 e. The van der Waals surface area contributed by atoms with E-state index in [0.29, 0.717) is 10.0 Å². The first-order valence-corrected chi connectivity index (χ1v) is 12.6. The van der Waals surface area contributed by atoms with E-state index in [1.807, 2.05) is 76.2 Å². The van der Waals surface area contributed by atoms with E-state index in [0.717, 1.165) is 42.3 Å². The standard InChI is InChI=1S/C25H22Cl2N2OS2/c1-13(22-15(3)28-24(31-22)17-5-9-19(26)10-6-17)21(30)14(2)23-16(4)29-25(32-23)18-7-11-20(27)12-8-18/h5-14H,1-4H3. The highest BCUT2D eigenvalue weighted by atomic mass is 35.5. The highest BCUT2D eigenvalue weighted by Crippen LogP contribution is 2.39. The lowest BCUT2D eigenvalue weighted by molar-refractivity contribution is -0.121. The molecular formula is C25H22Cl2N2OS2. The summed E-state index contributed by atoms with van der Waals surface area (Å²) in [6.45, 7) is 7.88. The fraction of sp³-hybridized carbons (Fsp3) is 0.240. The van der Waals surface area contributed by atoms with Crippen molar-refractivity contribution in [3.63, 3.8) is 0 Å². The molecule has 32 heavy (non-hydrogen) atoms. The molecule has 2 unspecified atom stereocenters. The summed E-state index contributed by atoms with van der Waals surface area (Å²) in [6, 6.07) is 15.3. The molecule has 3 nitrogen and oxygen atoms in total. The van der Waals surface area contributed by atoms with Crippen LogP contribution in [0.1, 0.15) is 46.8 Å². The first-order valence-electron chi connectivity index (χ1n) is 10.2. The van der Waals surface area contributed by atoms with Gasteiger partial charge in [0.2, 0.25) is 0 Å². The van der Waals surface area contributed by atoms with Gasteiger partial charge in [0, 0.05) is 30.9 Å². The van der Waals surface area contributed by atoms with Gasteiger partial charge in [-0.2, -0.15) is 0 Å². The number of Topliss-reactive ketones (excluding diaryl/α,β-unsaturated/α-hetero) is 1. The Bertz CT molecular complexity index is 1160. The van der Waals surface area contributed by atoms with E-state index < -0.39 is 0 Å². The molecule has 0 fully saturated rings. The molecule has 2 atom stereocenters. The van der Waals surface area contributed by atoms with Crippen molar-refractivity contribution in [2.24, 2.45) is 0 Å². The number of aryl methyl sites for hydroxylation is 2. The van der Waals surface area contributed by atoms with Crippen LogP contribution in [-0.2, 0) is 4.79 Å². The van der Waals surface area contributed by atoms with Gasteiger partial charge < -0.3 is 0 Å². The number of carbonyl (C=O) groups excluding carboxylic acids is 1. The van der Waals surface area contributed by atoms with Gasteiger partial charge in [0.05, 0.1) is 23.2 Å². The lowest BCUT2D eigenvalue weighted by Gasteiger charge is -2.15. The van der Waals surface area contributed by atoms with Gasteiger partial charge in [-0.15, -0.1) is 22.7 Å². The van der Waals surface area contributed by atoms with Crippen molar-refractivity contribution in [2.45, 2.75) is 39.5 Å². The highest BCUT2D eigenvalue weighted by molar-refractivity contribution is 7.15. The van der Waals surface area contributed by atoms with Crippen LogP contribution in [0, 0.1) is 13.8 Å². The Labute approximate surface area is 206 Å². The highest BCUT2D eigenvalue weighted by Gasteiger charge is 2.29. The third kappa shape index (κ3) is 4.67. The van der Waals surface area contributed by atoms with Crippen LogP contribution in [0.25, 0.3) is 21.1 Å². The first-order chi connectivity index (χ1) is 15.2. The summed E-state index contributed by atoms with van der Waals surface area (Å²) in [7, 11) is 0. The third-order valence-electron chi connectivity index (χ3n) is 5.49. The Morgan fingerprint density at radius 3 is 1.41 bits per heavy atom. The van der Waals surface area contributed by atoms with Gasteiger partial charge >= 0.3 is 0 Å². The molecule has 0 saturated heterocycles. The van der Waals surface area contributed by atoms with E-state index in [-0.39, 0.29) is 17.6 Å². The smallest absolute Gasteiger partial charge is 0.148 e. The zero-order valence-corrected chi connectivity index (χ0v) is 21.3. The second-order valence-electron chi connectivity index (χ2n) is 7.80. The van der Waals surface area contributed by atoms with Crippen molar-refractivity contribution in [2.75, 3.05) is 0 Å². The zero-order chi connectivity index (χ0) is 23.0. The maximum atomic E-state index is 13.5. The molecule has 0 aliphatic rings. The molecule has 0 aliphatic carbocycles. The molecule has 2 aromatic carbocycles. The van der Waals surface area contributed by atoms with Crippen LogP contribution in [0.5, 0.6) is 0 Å². The minimum Gasteiger partial charge on any atom is -0.298 e. The second-order valence-corrected chi connectivity index (χ2v) is 10.7. The molecule has 4 aromatic rings. The average molecular weight is 502 g/mol. The summed E-state index contributed by atoms with van der Waals surface area (Å²) in [5, 5.41) is 3.19. The van der Waals surface area contributed by atoms with Gasteiger partial charge in [0.25, 0.3) is 0 Å². The number of thiazole rings is 2. The fourth-order valence-electron chi connectivity index (χ4n) is 3.69. The fourth-order valence-corrected chi connectivity index (χ4v) is 6.20. The second kappa shape index (κ2) is 9.44. The van der Waals surface area contributed by atoms with Gasteiger partial charge in [-0.1, -0.05) is 61.3 Å². The minimum absolute atomic E-state index is 0.175. The Morgan fingerprint density at radius 1 is 0.719 bits per heavy atom. The number of ketones is 1. The van der Waals surface area contributed by atoms with Crippen molar-refractivity contribution >= 4 is 51.7 Å². The molecule has 0 spiro atoms. The molecule has 7 heteroatoms. The topological polar surface area (TPSA) is 42.9 Å². The van der Waals surface area contributed by atoms with E-state index >= 15 is 0 Å². The molecule has 0 amide bonds. The molecule has 0 saturated carbocycles. The van der Waals surface area contributed by atoms with Crippen LogP contribution in [0.15, 0.2) is 48.5 Å². The Morgan fingerprint density at radius 2 is 1.06 bits per heavy atom. The van der Waals surface area contributed by atoms with Crippen LogP contribution in [0.4, 0.5) is 0 Å². The minimum atomic E-state index is -0.246. The van der Waals surface area contributed by atoms with Gasteiger partial charge in [0.15, 0.2) is 0 Å². The average Bonchev–Trinajstić information content (AvgIpc) is 3.36. The number of benzene rings is 2. The molecular weight excluding hydrogens is 479 g/mol. The molecule has 0 radical (unpaired) electrons. The first kappa shape index (κ1) is 23.1. The number of carbonyl (C=O) groups is 1. The Kier molecular flexibility index (Phi) is 6.82. The van der Waals surface area contributed by atoms with E-state index in [9.17, 15) is 4.79 Å². The lowest BCUT2D eigenvalue weighted by atomic mass is 9.92. The zero-order valence-electron chi connectivity index (χ0n) is 18.1.